The highest BCUT2D eigenvalue weighted by atomic mass is 35.7. The summed E-state index contributed by atoms with van der Waals surface area (Å²) >= 11 is 0. The third kappa shape index (κ3) is 3.14. The van der Waals surface area contributed by atoms with Gasteiger partial charge in [-0.15, -0.1) is 0 Å². The molecule has 0 aromatic carbocycles. The standard InChI is InChI=1S/C7H10ClNO3S/c8-13(10,11)6-7(2-1-3-9)4-12-5-7/h1-2,4-6H2. The first-order chi connectivity index (χ1) is 5.97. The van der Waals surface area contributed by atoms with Gasteiger partial charge in [-0.05, 0) is 6.42 Å². The van der Waals surface area contributed by atoms with Gasteiger partial charge >= 0.3 is 0 Å². The van der Waals surface area contributed by atoms with E-state index >= 15 is 0 Å². The van der Waals surface area contributed by atoms with Crippen molar-refractivity contribution in [2.75, 3.05) is 19.0 Å². The van der Waals surface area contributed by atoms with Crippen molar-refractivity contribution in [3.63, 3.8) is 0 Å². The van der Waals surface area contributed by atoms with E-state index in [4.69, 9.17) is 20.7 Å². The van der Waals surface area contributed by atoms with Gasteiger partial charge in [-0.3, -0.25) is 0 Å². The molecule has 1 saturated heterocycles. The Morgan fingerprint density at radius 2 is 2.15 bits per heavy atom. The van der Waals surface area contributed by atoms with Gasteiger partial charge in [0.1, 0.15) is 0 Å². The van der Waals surface area contributed by atoms with E-state index in [1.54, 1.807) is 0 Å². The normalized spacial score (nSPS) is 20.3. The molecule has 1 rings (SSSR count). The first kappa shape index (κ1) is 10.8. The quantitative estimate of drug-likeness (QED) is 0.664. The zero-order valence-corrected chi connectivity index (χ0v) is 8.57. The molecule has 0 aromatic heterocycles. The number of hydrogen-bond donors (Lipinski definition) is 0. The molecule has 0 amide bonds. The van der Waals surface area contributed by atoms with Crippen LogP contribution in [0.4, 0.5) is 0 Å². The van der Waals surface area contributed by atoms with Crippen LogP contribution >= 0.6 is 10.7 Å². The Hall–Kier alpha value is -0.310. The van der Waals surface area contributed by atoms with Crippen molar-refractivity contribution < 1.29 is 13.2 Å². The molecular formula is C7H10ClNO3S. The summed E-state index contributed by atoms with van der Waals surface area (Å²) in [6.07, 6.45) is 0.880. The summed E-state index contributed by atoms with van der Waals surface area (Å²) in [4.78, 5) is 0. The average molecular weight is 224 g/mol. The molecule has 0 spiro atoms. The molecule has 0 bridgehead atoms. The van der Waals surface area contributed by atoms with Gasteiger partial charge in [0.25, 0.3) is 0 Å². The molecule has 4 nitrogen and oxygen atoms in total. The van der Waals surface area contributed by atoms with Crippen molar-refractivity contribution in [1.82, 2.24) is 0 Å². The number of ether oxygens (including phenoxy) is 1. The van der Waals surface area contributed by atoms with E-state index in [-0.39, 0.29) is 5.75 Å². The predicted molar refractivity (Wildman–Crippen MR) is 47.7 cm³/mol. The molecule has 0 N–H and O–H groups in total. The zero-order chi connectivity index (χ0) is 9.95. The molecule has 13 heavy (non-hydrogen) atoms. The summed E-state index contributed by atoms with van der Waals surface area (Å²) < 4.78 is 26.6. The van der Waals surface area contributed by atoms with Crippen LogP contribution in [-0.2, 0) is 13.8 Å². The zero-order valence-electron chi connectivity index (χ0n) is 6.99. The van der Waals surface area contributed by atoms with Gasteiger partial charge in [0.05, 0.1) is 25.0 Å². The van der Waals surface area contributed by atoms with E-state index in [2.05, 4.69) is 0 Å². The number of hydrogen-bond acceptors (Lipinski definition) is 4. The first-order valence-corrected chi connectivity index (χ1v) is 6.32. The first-order valence-electron chi connectivity index (χ1n) is 3.85. The lowest BCUT2D eigenvalue weighted by molar-refractivity contribution is -0.102. The van der Waals surface area contributed by atoms with E-state index in [0.29, 0.717) is 26.1 Å². The van der Waals surface area contributed by atoms with Crippen LogP contribution in [0.1, 0.15) is 12.8 Å². The number of nitrogens with zero attached hydrogens (tertiary/aromatic N) is 1. The molecule has 0 atom stereocenters. The SMILES string of the molecule is N#CCCC1(CS(=O)(=O)Cl)COC1. The van der Waals surface area contributed by atoms with Crippen LogP contribution in [-0.4, -0.2) is 27.4 Å². The summed E-state index contributed by atoms with van der Waals surface area (Å²) in [7, 11) is 1.65. The summed E-state index contributed by atoms with van der Waals surface area (Å²) in [5, 5.41) is 8.37. The van der Waals surface area contributed by atoms with Gasteiger partial charge in [0.2, 0.25) is 9.05 Å². The van der Waals surface area contributed by atoms with Crippen LogP contribution < -0.4 is 0 Å². The Bertz CT molecular complexity index is 315. The molecule has 74 valence electrons. The third-order valence-corrected chi connectivity index (χ3v) is 3.35. The van der Waals surface area contributed by atoms with Gasteiger partial charge in [-0.25, -0.2) is 8.42 Å². The Kier molecular flexibility index (Phi) is 3.17. The second-order valence-corrected chi connectivity index (χ2v) is 6.11. The van der Waals surface area contributed by atoms with Gasteiger partial charge in [-0.2, -0.15) is 5.26 Å². The highest BCUT2D eigenvalue weighted by Crippen LogP contribution is 2.34. The van der Waals surface area contributed by atoms with Gasteiger partial charge in [0.15, 0.2) is 0 Å². The minimum absolute atomic E-state index is 0.0940. The van der Waals surface area contributed by atoms with Crippen LogP contribution in [0.5, 0.6) is 0 Å². The highest BCUT2D eigenvalue weighted by Gasteiger charge is 2.41. The van der Waals surface area contributed by atoms with Crippen LogP contribution in [0.15, 0.2) is 0 Å². The van der Waals surface area contributed by atoms with Crippen molar-refractivity contribution in [2.45, 2.75) is 12.8 Å². The molecule has 1 aliphatic heterocycles. The Balaban J connectivity index is 2.56. The lowest BCUT2D eigenvalue weighted by atomic mass is 9.84. The molecule has 1 fully saturated rings. The predicted octanol–water partition coefficient (Wildman–Crippen LogP) is 0.875. The van der Waals surface area contributed by atoms with E-state index in [1.165, 1.54) is 0 Å². The number of nitriles is 1. The van der Waals surface area contributed by atoms with Gasteiger partial charge in [-0.1, -0.05) is 0 Å². The molecule has 0 aliphatic carbocycles. The molecule has 0 unspecified atom stereocenters. The summed E-state index contributed by atoms with van der Waals surface area (Å²) in [6.45, 7) is 0.779. The summed E-state index contributed by atoms with van der Waals surface area (Å²) in [5.74, 6) is -0.0940. The van der Waals surface area contributed by atoms with Gasteiger partial charge in [0, 0.05) is 22.5 Å². The van der Waals surface area contributed by atoms with Crippen molar-refractivity contribution in [1.29, 1.82) is 5.26 Å². The van der Waals surface area contributed by atoms with Crippen molar-refractivity contribution in [2.24, 2.45) is 5.41 Å². The maximum absolute atomic E-state index is 10.8. The fourth-order valence-electron chi connectivity index (χ4n) is 1.38. The minimum atomic E-state index is -3.49. The second kappa shape index (κ2) is 3.82. The molecule has 1 heterocycles. The maximum Gasteiger partial charge on any atom is 0.233 e. The van der Waals surface area contributed by atoms with Crippen LogP contribution in [0, 0.1) is 16.7 Å². The van der Waals surface area contributed by atoms with Crippen LogP contribution in [0.2, 0.25) is 0 Å². The van der Waals surface area contributed by atoms with Crippen molar-refractivity contribution in [3.8, 4) is 6.07 Å². The van der Waals surface area contributed by atoms with E-state index < -0.39 is 14.5 Å². The molecule has 1 aliphatic rings. The highest BCUT2D eigenvalue weighted by molar-refractivity contribution is 8.13. The molecule has 0 aromatic rings. The van der Waals surface area contributed by atoms with E-state index in [9.17, 15) is 8.42 Å². The van der Waals surface area contributed by atoms with Crippen molar-refractivity contribution in [3.05, 3.63) is 0 Å². The van der Waals surface area contributed by atoms with Crippen LogP contribution in [0.25, 0.3) is 0 Å². The second-order valence-electron chi connectivity index (χ2n) is 3.33. The summed E-state index contributed by atoms with van der Waals surface area (Å²) in [5.41, 5.74) is -0.406. The Labute approximate surface area is 81.9 Å². The maximum atomic E-state index is 10.8. The molecule has 0 saturated carbocycles. The van der Waals surface area contributed by atoms with E-state index in [0.717, 1.165) is 0 Å². The average Bonchev–Trinajstić information content (AvgIpc) is 1.92. The minimum Gasteiger partial charge on any atom is -0.380 e. The molecule has 6 heteroatoms. The fraction of sp³-hybridized carbons (Fsp3) is 0.857. The topological polar surface area (TPSA) is 67.2 Å². The monoisotopic (exact) mass is 223 g/mol. The lowest BCUT2D eigenvalue weighted by Gasteiger charge is -2.40. The van der Waals surface area contributed by atoms with Crippen molar-refractivity contribution >= 4 is 19.7 Å². The third-order valence-electron chi connectivity index (χ3n) is 2.06. The Morgan fingerprint density at radius 3 is 2.46 bits per heavy atom. The Morgan fingerprint density at radius 1 is 1.54 bits per heavy atom. The van der Waals surface area contributed by atoms with E-state index in [1.807, 2.05) is 6.07 Å². The molecular weight excluding hydrogens is 214 g/mol. The smallest absolute Gasteiger partial charge is 0.233 e. The number of rotatable bonds is 4. The largest absolute Gasteiger partial charge is 0.380 e. The number of halogens is 1. The van der Waals surface area contributed by atoms with Crippen LogP contribution in [0.3, 0.4) is 0 Å². The molecule has 0 radical (unpaired) electrons. The fourth-order valence-corrected chi connectivity index (χ4v) is 3.11. The van der Waals surface area contributed by atoms with Gasteiger partial charge < -0.3 is 4.74 Å². The summed E-state index contributed by atoms with van der Waals surface area (Å²) in [6, 6.07) is 1.98. The lowest BCUT2D eigenvalue weighted by Crippen LogP contribution is -2.46.